The van der Waals surface area contributed by atoms with Crippen LogP contribution < -0.4 is 0 Å². The molecular formula is C9H6F. The van der Waals surface area contributed by atoms with Gasteiger partial charge in [0, 0.05) is 0 Å². The number of hydrogen-bond acceptors (Lipinski definition) is 0. The molecule has 0 saturated heterocycles. The second-order valence-electron chi connectivity index (χ2n) is 1.92. The van der Waals surface area contributed by atoms with Crippen molar-refractivity contribution in [3.8, 4) is 12.3 Å². The van der Waals surface area contributed by atoms with Crippen LogP contribution in [0.5, 0.6) is 0 Å². The fourth-order valence-corrected chi connectivity index (χ4v) is 0.730. The Kier molecular flexibility index (Phi) is 1.73. The third kappa shape index (κ3) is 1.01. The largest absolute Gasteiger partial charge is 0.206 e. The number of rotatable bonds is 0. The third-order valence-corrected chi connectivity index (χ3v) is 1.24. The molecule has 0 aliphatic heterocycles. The predicted molar refractivity (Wildman–Crippen MR) is 38.8 cm³/mol. The van der Waals surface area contributed by atoms with Crippen LogP contribution in [-0.2, 0) is 0 Å². The van der Waals surface area contributed by atoms with Crippen molar-refractivity contribution < 1.29 is 4.39 Å². The average molecular weight is 133 g/mol. The van der Waals surface area contributed by atoms with E-state index in [1.807, 2.05) is 0 Å². The maximum Gasteiger partial charge on any atom is 0.139 e. The molecule has 0 aliphatic rings. The molecule has 1 rings (SSSR count). The van der Waals surface area contributed by atoms with Gasteiger partial charge in [-0.05, 0) is 18.6 Å². The van der Waals surface area contributed by atoms with Gasteiger partial charge in [-0.15, -0.1) is 6.42 Å². The molecule has 0 aliphatic carbocycles. The fraction of sp³-hybridized carbons (Fsp3) is 0. The summed E-state index contributed by atoms with van der Waals surface area (Å²) < 4.78 is 12.7. The Labute approximate surface area is 59.7 Å². The highest BCUT2D eigenvalue weighted by Gasteiger charge is 1.99. The van der Waals surface area contributed by atoms with Crippen molar-refractivity contribution in [1.82, 2.24) is 0 Å². The summed E-state index contributed by atoms with van der Waals surface area (Å²) in [5.74, 6) is 1.85. The van der Waals surface area contributed by atoms with Crippen molar-refractivity contribution in [1.29, 1.82) is 0 Å². The molecule has 49 valence electrons. The summed E-state index contributed by atoms with van der Waals surface area (Å²) in [6, 6.07) is 4.58. The van der Waals surface area contributed by atoms with Gasteiger partial charge < -0.3 is 0 Å². The third-order valence-electron chi connectivity index (χ3n) is 1.24. The number of halogens is 1. The summed E-state index contributed by atoms with van der Waals surface area (Å²) in [7, 11) is 0. The number of hydrogen-bond donors (Lipinski definition) is 0. The molecule has 0 unspecified atom stereocenters. The molecule has 1 aromatic rings. The van der Waals surface area contributed by atoms with Crippen LogP contribution in [0.1, 0.15) is 11.1 Å². The maximum absolute atomic E-state index is 12.7. The Bertz CT molecular complexity index is 261. The molecule has 0 fully saturated rings. The second kappa shape index (κ2) is 2.53. The number of benzene rings is 1. The van der Waals surface area contributed by atoms with Crippen LogP contribution >= 0.6 is 0 Å². The average Bonchev–Trinajstić information content (AvgIpc) is 1.88. The summed E-state index contributed by atoms with van der Waals surface area (Å²) in [4.78, 5) is 0. The van der Waals surface area contributed by atoms with E-state index in [2.05, 4.69) is 12.8 Å². The predicted octanol–water partition coefficient (Wildman–Crippen LogP) is 1.99. The van der Waals surface area contributed by atoms with Crippen LogP contribution in [-0.4, -0.2) is 0 Å². The molecule has 0 N–H and O–H groups in total. The number of terminal acetylenes is 1. The highest BCUT2D eigenvalue weighted by Crippen LogP contribution is 2.09. The lowest BCUT2D eigenvalue weighted by atomic mass is 10.1. The van der Waals surface area contributed by atoms with Gasteiger partial charge in [0.15, 0.2) is 0 Å². The van der Waals surface area contributed by atoms with E-state index in [-0.39, 0.29) is 11.4 Å². The Hall–Kier alpha value is -1.29. The van der Waals surface area contributed by atoms with Gasteiger partial charge in [-0.2, -0.15) is 0 Å². The SMILES string of the molecule is C#Cc1c([CH2])cccc1F. The lowest BCUT2D eigenvalue weighted by molar-refractivity contribution is 0.623. The second-order valence-corrected chi connectivity index (χ2v) is 1.92. The Balaban J connectivity index is 3.34. The van der Waals surface area contributed by atoms with Crippen molar-refractivity contribution in [2.24, 2.45) is 0 Å². The van der Waals surface area contributed by atoms with Gasteiger partial charge in [-0.1, -0.05) is 18.1 Å². The van der Waals surface area contributed by atoms with Gasteiger partial charge in [-0.3, -0.25) is 0 Å². The van der Waals surface area contributed by atoms with Crippen molar-refractivity contribution in [3.63, 3.8) is 0 Å². The highest BCUT2D eigenvalue weighted by atomic mass is 19.1. The topological polar surface area (TPSA) is 0 Å². The molecule has 0 nitrogen and oxygen atoms in total. The van der Waals surface area contributed by atoms with Gasteiger partial charge in [0.05, 0.1) is 5.56 Å². The van der Waals surface area contributed by atoms with Gasteiger partial charge in [0.25, 0.3) is 0 Å². The first-order valence-electron chi connectivity index (χ1n) is 2.83. The maximum atomic E-state index is 12.7. The van der Waals surface area contributed by atoms with Gasteiger partial charge in [-0.25, -0.2) is 4.39 Å². The summed E-state index contributed by atoms with van der Waals surface area (Å²) in [5, 5.41) is 0. The first kappa shape index (κ1) is 6.82. The molecule has 0 bridgehead atoms. The smallest absolute Gasteiger partial charge is 0.139 e. The minimum atomic E-state index is -0.380. The van der Waals surface area contributed by atoms with Crippen LogP contribution in [0, 0.1) is 25.1 Å². The zero-order chi connectivity index (χ0) is 7.56. The molecule has 0 amide bonds. The molecule has 1 radical (unpaired) electrons. The van der Waals surface area contributed by atoms with Gasteiger partial charge in [0.1, 0.15) is 5.82 Å². The van der Waals surface area contributed by atoms with E-state index in [1.54, 1.807) is 12.1 Å². The van der Waals surface area contributed by atoms with Crippen molar-refractivity contribution in [2.45, 2.75) is 0 Å². The molecule has 0 saturated carbocycles. The van der Waals surface area contributed by atoms with Crippen LogP contribution in [0.15, 0.2) is 18.2 Å². The fourth-order valence-electron chi connectivity index (χ4n) is 0.730. The Morgan fingerprint density at radius 3 is 2.60 bits per heavy atom. The Morgan fingerprint density at radius 2 is 2.20 bits per heavy atom. The minimum Gasteiger partial charge on any atom is -0.206 e. The van der Waals surface area contributed by atoms with Crippen LogP contribution in [0.3, 0.4) is 0 Å². The first-order chi connectivity index (χ1) is 4.75. The first-order valence-corrected chi connectivity index (χ1v) is 2.83. The highest BCUT2D eigenvalue weighted by molar-refractivity contribution is 5.42. The van der Waals surface area contributed by atoms with E-state index in [9.17, 15) is 4.39 Å². The van der Waals surface area contributed by atoms with E-state index in [1.165, 1.54) is 6.07 Å². The van der Waals surface area contributed by atoms with Crippen molar-refractivity contribution in [2.75, 3.05) is 0 Å². The minimum absolute atomic E-state index is 0.252. The zero-order valence-electron chi connectivity index (χ0n) is 5.39. The van der Waals surface area contributed by atoms with Crippen LogP contribution in [0.25, 0.3) is 0 Å². The molecule has 0 spiro atoms. The monoisotopic (exact) mass is 133 g/mol. The molecule has 0 aromatic heterocycles. The van der Waals surface area contributed by atoms with E-state index < -0.39 is 0 Å². The molecule has 0 atom stereocenters. The van der Waals surface area contributed by atoms with Crippen LogP contribution in [0.2, 0.25) is 0 Å². The lowest BCUT2D eigenvalue weighted by Crippen LogP contribution is -1.86. The normalized spacial score (nSPS) is 8.90. The van der Waals surface area contributed by atoms with Crippen molar-refractivity contribution >= 4 is 0 Å². The van der Waals surface area contributed by atoms with Crippen LogP contribution in [0.4, 0.5) is 4.39 Å². The zero-order valence-corrected chi connectivity index (χ0v) is 5.39. The summed E-state index contributed by atoms with van der Waals surface area (Å²) in [5.41, 5.74) is 0.810. The standard InChI is InChI=1S/C9H6F/c1-3-8-7(2)5-4-6-9(8)10/h1,4-6H,2H2. The summed E-state index contributed by atoms with van der Waals surface area (Å²) in [6.45, 7) is 3.57. The van der Waals surface area contributed by atoms with Gasteiger partial charge in [0.2, 0.25) is 0 Å². The summed E-state index contributed by atoms with van der Waals surface area (Å²) >= 11 is 0. The lowest BCUT2D eigenvalue weighted by Gasteiger charge is -1.96. The molecule has 10 heavy (non-hydrogen) atoms. The van der Waals surface area contributed by atoms with Crippen molar-refractivity contribution in [3.05, 3.63) is 42.1 Å². The molecule has 1 heteroatoms. The van der Waals surface area contributed by atoms with E-state index >= 15 is 0 Å². The quantitative estimate of drug-likeness (QED) is 0.475. The molecule has 1 aromatic carbocycles. The Morgan fingerprint density at radius 1 is 1.50 bits per heavy atom. The molecular weight excluding hydrogens is 127 g/mol. The van der Waals surface area contributed by atoms with E-state index in [0.717, 1.165) is 0 Å². The van der Waals surface area contributed by atoms with E-state index in [0.29, 0.717) is 5.56 Å². The summed E-state index contributed by atoms with van der Waals surface area (Å²) in [6.07, 6.45) is 5.02. The van der Waals surface area contributed by atoms with E-state index in [4.69, 9.17) is 6.42 Å². The molecule has 0 heterocycles. The van der Waals surface area contributed by atoms with Gasteiger partial charge >= 0.3 is 0 Å².